The lowest BCUT2D eigenvalue weighted by molar-refractivity contribution is 0.181. The Morgan fingerprint density at radius 3 is 2.74 bits per heavy atom. The van der Waals surface area contributed by atoms with Crippen LogP contribution in [0.15, 0.2) is 23.2 Å². The van der Waals surface area contributed by atoms with Gasteiger partial charge in [-0.15, -0.1) is 24.0 Å². The van der Waals surface area contributed by atoms with Gasteiger partial charge in [-0.1, -0.05) is 19.9 Å². The fourth-order valence-electron chi connectivity index (χ4n) is 3.54. The number of halogens is 2. The molecule has 5 nitrogen and oxygen atoms in total. The fraction of sp³-hybridized carbons (Fsp3) is 0.650. The van der Waals surface area contributed by atoms with E-state index in [1.165, 1.54) is 12.5 Å². The summed E-state index contributed by atoms with van der Waals surface area (Å²) in [6, 6.07) is 5.16. The predicted octanol–water partition coefficient (Wildman–Crippen LogP) is 3.33. The van der Waals surface area contributed by atoms with Gasteiger partial charge in [0.05, 0.1) is 6.61 Å². The van der Waals surface area contributed by atoms with Gasteiger partial charge in [0.15, 0.2) is 5.96 Å². The molecule has 1 aliphatic rings. The Labute approximate surface area is 180 Å². The van der Waals surface area contributed by atoms with Gasteiger partial charge >= 0.3 is 0 Å². The number of methoxy groups -OCH3 is 1. The first-order valence-electron chi connectivity index (χ1n) is 9.55. The molecule has 0 amide bonds. The number of ether oxygens (including phenoxy) is 1. The van der Waals surface area contributed by atoms with Crippen molar-refractivity contribution in [2.75, 3.05) is 46.9 Å². The van der Waals surface area contributed by atoms with Crippen LogP contribution in [0.4, 0.5) is 4.39 Å². The summed E-state index contributed by atoms with van der Waals surface area (Å²) >= 11 is 0. The van der Waals surface area contributed by atoms with E-state index in [-0.39, 0.29) is 36.4 Å². The molecule has 1 atom stereocenters. The average Bonchev–Trinajstić information content (AvgIpc) is 3.11. The molecule has 27 heavy (non-hydrogen) atoms. The standard InChI is InChI=1S/C20H33FN4O.HI/c1-5-24(6-2)13-17-9-10-25(14-17)20(22-3)23-12-16-7-8-19(21)18(11-16)15-26-4;/h7-8,11,17H,5-6,9-10,12-15H2,1-4H3,(H,22,23);1H. The maximum absolute atomic E-state index is 13.7. The van der Waals surface area contributed by atoms with E-state index in [1.54, 1.807) is 7.11 Å². The minimum absolute atomic E-state index is 0. The first-order valence-corrected chi connectivity index (χ1v) is 9.55. The number of likely N-dealkylation sites (tertiary alicyclic amines) is 1. The Bertz CT molecular complexity index is 595. The highest BCUT2D eigenvalue weighted by molar-refractivity contribution is 14.0. The second kappa shape index (κ2) is 12.5. The van der Waals surface area contributed by atoms with Gasteiger partial charge in [0.25, 0.3) is 0 Å². The Balaban J connectivity index is 0.00000364. The lowest BCUT2D eigenvalue weighted by atomic mass is 10.1. The second-order valence-corrected chi connectivity index (χ2v) is 6.85. The zero-order valence-electron chi connectivity index (χ0n) is 17.0. The molecule has 0 aliphatic carbocycles. The number of hydrogen-bond acceptors (Lipinski definition) is 3. The highest BCUT2D eigenvalue weighted by Crippen LogP contribution is 2.18. The summed E-state index contributed by atoms with van der Waals surface area (Å²) in [7, 11) is 3.40. The lowest BCUT2D eigenvalue weighted by Crippen LogP contribution is -2.40. The van der Waals surface area contributed by atoms with E-state index < -0.39 is 0 Å². The molecule has 1 unspecified atom stereocenters. The van der Waals surface area contributed by atoms with Gasteiger partial charge in [-0.3, -0.25) is 4.99 Å². The molecular weight excluding hydrogens is 458 g/mol. The molecule has 7 heteroatoms. The van der Waals surface area contributed by atoms with Crippen LogP contribution in [-0.2, 0) is 17.9 Å². The third-order valence-electron chi connectivity index (χ3n) is 5.07. The van der Waals surface area contributed by atoms with Gasteiger partial charge in [0.1, 0.15) is 5.82 Å². The quantitative estimate of drug-likeness (QED) is 0.344. The average molecular weight is 492 g/mol. The molecule has 0 bridgehead atoms. The highest BCUT2D eigenvalue weighted by Gasteiger charge is 2.25. The molecule has 154 valence electrons. The van der Waals surface area contributed by atoms with E-state index in [9.17, 15) is 4.39 Å². The maximum atomic E-state index is 13.7. The summed E-state index contributed by atoms with van der Waals surface area (Å²) < 4.78 is 18.8. The second-order valence-electron chi connectivity index (χ2n) is 6.85. The maximum Gasteiger partial charge on any atom is 0.193 e. The summed E-state index contributed by atoms with van der Waals surface area (Å²) in [6.07, 6.45) is 1.20. The zero-order chi connectivity index (χ0) is 18.9. The molecule has 0 saturated carbocycles. The molecule has 2 rings (SSSR count). The largest absolute Gasteiger partial charge is 0.380 e. The van der Waals surface area contributed by atoms with Crippen LogP contribution in [0.3, 0.4) is 0 Å². The third-order valence-corrected chi connectivity index (χ3v) is 5.07. The zero-order valence-corrected chi connectivity index (χ0v) is 19.3. The van der Waals surface area contributed by atoms with E-state index in [0.717, 1.165) is 44.2 Å². The van der Waals surface area contributed by atoms with Crippen molar-refractivity contribution in [1.29, 1.82) is 0 Å². The number of rotatable bonds is 8. The monoisotopic (exact) mass is 492 g/mol. The van der Waals surface area contributed by atoms with Crippen LogP contribution in [0.2, 0.25) is 0 Å². The van der Waals surface area contributed by atoms with Crippen LogP contribution < -0.4 is 5.32 Å². The number of hydrogen-bond donors (Lipinski definition) is 1. The summed E-state index contributed by atoms with van der Waals surface area (Å²) in [5.74, 6) is 1.39. The minimum atomic E-state index is -0.223. The molecule has 1 fully saturated rings. The molecule has 1 saturated heterocycles. The topological polar surface area (TPSA) is 40.1 Å². The van der Waals surface area contributed by atoms with Crippen LogP contribution in [0.25, 0.3) is 0 Å². The van der Waals surface area contributed by atoms with Crippen molar-refractivity contribution in [3.8, 4) is 0 Å². The number of aliphatic imine (C=N–C) groups is 1. The van der Waals surface area contributed by atoms with Crippen molar-refractivity contribution in [2.24, 2.45) is 10.9 Å². The summed E-state index contributed by atoms with van der Waals surface area (Å²) in [6.45, 7) is 10.8. The molecule has 1 N–H and O–H groups in total. The summed E-state index contributed by atoms with van der Waals surface area (Å²) in [5, 5.41) is 3.42. The Morgan fingerprint density at radius 1 is 1.37 bits per heavy atom. The van der Waals surface area contributed by atoms with E-state index >= 15 is 0 Å². The Hall–Kier alpha value is -0.930. The minimum Gasteiger partial charge on any atom is -0.380 e. The van der Waals surface area contributed by atoms with Gasteiger partial charge in [-0.05, 0) is 43.1 Å². The molecule has 1 aromatic carbocycles. The van der Waals surface area contributed by atoms with Crippen molar-refractivity contribution in [2.45, 2.75) is 33.4 Å². The van der Waals surface area contributed by atoms with Crippen molar-refractivity contribution >= 4 is 29.9 Å². The lowest BCUT2D eigenvalue weighted by Gasteiger charge is -2.24. The van der Waals surface area contributed by atoms with Gasteiger partial charge in [0, 0.05) is 45.9 Å². The van der Waals surface area contributed by atoms with Gasteiger partial charge in [-0.2, -0.15) is 0 Å². The van der Waals surface area contributed by atoms with Gasteiger partial charge in [-0.25, -0.2) is 4.39 Å². The van der Waals surface area contributed by atoms with Crippen molar-refractivity contribution in [1.82, 2.24) is 15.1 Å². The molecule has 1 aromatic rings. The van der Waals surface area contributed by atoms with E-state index in [0.29, 0.717) is 18.0 Å². The van der Waals surface area contributed by atoms with Crippen molar-refractivity contribution < 1.29 is 9.13 Å². The Morgan fingerprint density at radius 2 is 2.11 bits per heavy atom. The highest BCUT2D eigenvalue weighted by atomic mass is 127. The van der Waals surface area contributed by atoms with Crippen molar-refractivity contribution in [3.63, 3.8) is 0 Å². The third kappa shape index (κ3) is 7.19. The van der Waals surface area contributed by atoms with Gasteiger partial charge < -0.3 is 19.9 Å². The molecular formula is C20H34FIN4O. The number of nitrogens with one attached hydrogen (secondary N) is 1. The normalized spacial score (nSPS) is 17.3. The van der Waals surface area contributed by atoms with E-state index in [2.05, 4.69) is 34.0 Å². The SMILES string of the molecule is CCN(CC)CC1CCN(C(=NC)NCc2ccc(F)c(COC)c2)C1.I. The van der Waals surface area contributed by atoms with Crippen LogP contribution in [0, 0.1) is 11.7 Å². The molecule has 1 aliphatic heterocycles. The smallest absolute Gasteiger partial charge is 0.193 e. The summed E-state index contributed by atoms with van der Waals surface area (Å²) in [4.78, 5) is 9.25. The van der Waals surface area contributed by atoms with E-state index in [4.69, 9.17) is 4.74 Å². The molecule has 1 heterocycles. The van der Waals surface area contributed by atoms with E-state index in [1.807, 2.05) is 19.2 Å². The molecule has 0 aromatic heterocycles. The van der Waals surface area contributed by atoms with Crippen LogP contribution in [-0.4, -0.2) is 62.6 Å². The number of nitrogens with zero attached hydrogens (tertiary/aromatic N) is 3. The fourth-order valence-corrected chi connectivity index (χ4v) is 3.54. The number of guanidine groups is 1. The van der Waals surface area contributed by atoms with Gasteiger partial charge in [0.2, 0.25) is 0 Å². The number of benzene rings is 1. The van der Waals surface area contributed by atoms with Crippen LogP contribution in [0.5, 0.6) is 0 Å². The predicted molar refractivity (Wildman–Crippen MR) is 120 cm³/mol. The first-order chi connectivity index (χ1) is 12.6. The van der Waals surface area contributed by atoms with Crippen molar-refractivity contribution in [3.05, 3.63) is 35.1 Å². The Kier molecular flexibility index (Phi) is 11.2. The molecule has 0 spiro atoms. The van der Waals surface area contributed by atoms with Crippen LogP contribution in [0.1, 0.15) is 31.4 Å². The first kappa shape index (κ1) is 24.1. The molecule has 0 radical (unpaired) electrons. The summed E-state index contributed by atoms with van der Waals surface area (Å²) in [5.41, 5.74) is 1.61. The van der Waals surface area contributed by atoms with Crippen LogP contribution >= 0.6 is 24.0 Å².